The number of piperidine rings is 2. The van der Waals surface area contributed by atoms with Gasteiger partial charge in [0.1, 0.15) is 0 Å². The molecule has 1 aromatic rings. The minimum Gasteiger partial charge on any atom is -0.313 e. The van der Waals surface area contributed by atoms with Gasteiger partial charge in [-0.15, -0.1) is 9.24 Å². The Morgan fingerprint density at radius 3 is 1.48 bits per heavy atom. The van der Waals surface area contributed by atoms with Crippen molar-refractivity contribution < 1.29 is 0 Å². The molecule has 3 unspecified atom stereocenters. The molecule has 8 aliphatic carbocycles. The molecular weight excluding hydrogens is 546 g/mol. The maximum absolute atomic E-state index is 4.10. The van der Waals surface area contributed by atoms with Gasteiger partial charge in [0.25, 0.3) is 0 Å². The summed E-state index contributed by atoms with van der Waals surface area (Å²) in [5, 5.41) is 9.71. The van der Waals surface area contributed by atoms with E-state index >= 15 is 0 Å². The van der Waals surface area contributed by atoms with Crippen LogP contribution in [0, 0.1) is 35.5 Å². The Balaban J connectivity index is 1.14. The number of rotatable bonds is 7. The molecule has 0 spiro atoms. The summed E-state index contributed by atoms with van der Waals surface area (Å²) in [6, 6.07) is 11.2. The molecule has 10 aliphatic rings. The van der Waals surface area contributed by atoms with Crippen molar-refractivity contribution in [2.24, 2.45) is 35.5 Å². The van der Waals surface area contributed by atoms with Crippen LogP contribution in [-0.4, -0.2) is 35.5 Å². The first-order valence-electron chi connectivity index (χ1n) is 18.6. The SMILES string of the molecule is PC(c1ccccc1CP(C12CC3CC(CC(C3)C1)C2)C12CC3CC(CC(C3)C1)C2)(C1CCCCN1)C1CCCCN1. The molecule has 11 rings (SSSR count). The van der Waals surface area contributed by atoms with Gasteiger partial charge in [-0.3, -0.25) is 0 Å². The normalized spacial score (nSPS) is 47.8. The highest BCUT2D eigenvalue weighted by Crippen LogP contribution is 2.79. The molecular formula is C38H58N2P2. The van der Waals surface area contributed by atoms with Crippen LogP contribution in [0.25, 0.3) is 0 Å². The standard InChI is InChI=1S/C38H58N2P2/c41-38(34-9-3-5-11-39-34,35-10-4-6-12-40-35)33-8-2-1-7-32(33)25-42(36-19-26-13-27(20-36)15-28(14-26)21-36)37-22-29-16-30(23-37)18-31(17-29)24-37/h1-2,7-8,26-31,34-35,39-40H,3-6,9-25,41H2. The van der Waals surface area contributed by atoms with E-state index in [2.05, 4.69) is 44.1 Å². The van der Waals surface area contributed by atoms with Crippen LogP contribution in [-0.2, 0) is 11.3 Å². The molecule has 0 aromatic heterocycles. The summed E-state index contributed by atoms with van der Waals surface area (Å²) in [5.74, 6) is 6.44. The summed E-state index contributed by atoms with van der Waals surface area (Å²) in [6.07, 6.45) is 28.8. The average Bonchev–Trinajstić information content (AvgIpc) is 2.99. The smallest absolute Gasteiger partial charge is 0.0405 e. The lowest BCUT2D eigenvalue weighted by atomic mass is 9.55. The molecule has 2 N–H and O–H groups in total. The second kappa shape index (κ2) is 10.8. The number of hydrogen-bond donors (Lipinski definition) is 2. The fourth-order valence-corrected chi connectivity index (χ4v) is 20.0. The Morgan fingerprint density at radius 2 is 1.07 bits per heavy atom. The maximum atomic E-state index is 4.10. The first-order chi connectivity index (χ1) is 20.5. The monoisotopic (exact) mass is 604 g/mol. The van der Waals surface area contributed by atoms with E-state index < -0.39 is 0 Å². The largest absolute Gasteiger partial charge is 0.313 e. The fraction of sp³-hybridized carbons (Fsp3) is 0.842. The lowest BCUT2D eigenvalue weighted by Crippen LogP contribution is -2.59. The van der Waals surface area contributed by atoms with Gasteiger partial charge in [-0.1, -0.05) is 45.0 Å². The van der Waals surface area contributed by atoms with E-state index in [0.29, 0.717) is 22.4 Å². The molecule has 230 valence electrons. The van der Waals surface area contributed by atoms with Gasteiger partial charge in [-0.05, 0) is 179 Å². The van der Waals surface area contributed by atoms with Gasteiger partial charge in [-0.2, -0.15) is 0 Å². The summed E-state index contributed by atoms with van der Waals surface area (Å²) in [7, 11) is 3.54. The highest BCUT2D eigenvalue weighted by molar-refractivity contribution is 7.60. The Bertz CT molecular complexity index is 1020. The minimum absolute atomic E-state index is 0.0335. The van der Waals surface area contributed by atoms with E-state index in [9.17, 15) is 0 Å². The molecule has 2 saturated heterocycles. The van der Waals surface area contributed by atoms with E-state index in [1.54, 1.807) is 88.2 Å². The number of hydrogen-bond acceptors (Lipinski definition) is 2. The predicted octanol–water partition coefficient (Wildman–Crippen LogP) is 8.96. The zero-order valence-corrected chi connectivity index (χ0v) is 28.4. The van der Waals surface area contributed by atoms with Gasteiger partial charge in [0, 0.05) is 17.2 Å². The highest BCUT2D eigenvalue weighted by atomic mass is 31.1. The Labute approximate surface area is 260 Å². The first kappa shape index (κ1) is 28.2. The maximum Gasteiger partial charge on any atom is 0.0405 e. The Morgan fingerprint density at radius 1 is 0.643 bits per heavy atom. The van der Waals surface area contributed by atoms with Gasteiger partial charge in [0.15, 0.2) is 0 Å². The predicted molar refractivity (Wildman–Crippen MR) is 182 cm³/mol. The van der Waals surface area contributed by atoms with E-state index in [0.717, 1.165) is 35.5 Å². The quantitative estimate of drug-likeness (QED) is 0.304. The molecule has 0 amide bonds. The third kappa shape index (κ3) is 4.60. The van der Waals surface area contributed by atoms with Crippen molar-refractivity contribution in [2.75, 3.05) is 13.1 Å². The van der Waals surface area contributed by atoms with Gasteiger partial charge >= 0.3 is 0 Å². The van der Waals surface area contributed by atoms with Crippen LogP contribution in [0.3, 0.4) is 0 Å². The van der Waals surface area contributed by atoms with Crippen LogP contribution < -0.4 is 10.6 Å². The van der Waals surface area contributed by atoms with E-state index in [4.69, 9.17) is 0 Å². The van der Waals surface area contributed by atoms with Crippen LogP contribution in [0.2, 0.25) is 0 Å². The van der Waals surface area contributed by atoms with Crippen molar-refractivity contribution in [1.29, 1.82) is 0 Å². The van der Waals surface area contributed by atoms with Crippen molar-refractivity contribution in [3.05, 3.63) is 35.4 Å². The molecule has 2 aliphatic heterocycles. The van der Waals surface area contributed by atoms with Crippen LogP contribution in [0.4, 0.5) is 0 Å². The average molecular weight is 605 g/mol. The summed E-state index contributed by atoms with van der Waals surface area (Å²) >= 11 is 0. The lowest BCUT2D eigenvalue weighted by molar-refractivity contribution is 0.0184. The van der Waals surface area contributed by atoms with Crippen molar-refractivity contribution in [3.63, 3.8) is 0 Å². The molecule has 2 heterocycles. The van der Waals surface area contributed by atoms with Crippen molar-refractivity contribution in [3.8, 4) is 0 Å². The Hall–Kier alpha value is -0.0000000000000000416. The molecule has 3 atom stereocenters. The molecule has 8 saturated carbocycles. The third-order valence-electron chi connectivity index (χ3n) is 14.7. The molecule has 8 bridgehead atoms. The fourth-order valence-electron chi connectivity index (χ4n) is 14.0. The Kier molecular flexibility index (Phi) is 7.25. The van der Waals surface area contributed by atoms with Gasteiger partial charge in [0.2, 0.25) is 0 Å². The van der Waals surface area contributed by atoms with Crippen molar-refractivity contribution >= 4 is 17.2 Å². The first-order valence-corrected chi connectivity index (χ1v) is 20.7. The number of benzene rings is 1. The van der Waals surface area contributed by atoms with Crippen LogP contribution in [0.15, 0.2) is 24.3 Å². The molecule has 0 radical (unpaired) electrons. The zero-order chi connectivity index (χ0) is 27.9. The zero-order valence-electron chi connectivity index (χ0n) is 26.3. The van der Waals surface area contributed by atoms with Crippen LogP contribution in [0.5, 0.6) is 0 Å². The molecule has 1 aromatic carbocycles. The molecule has 10 fully saturated rings. The summed E-state index contributed by atoms with van der Waals surface area (Å²) in [6.45, 7) is 2.39. The second-order valence-electron chi connectivity index (χ2n) is 17.5. The number of nitrogens with one attached hydrogen (secondary N) is 2. The molecule has 4 heteroatoms. The molecule has 2 nitrogen and oxygen atoms in total. The summed E-state index contributed by atoms with van der Waals surface area (Å²) in [5.41, 5.74) is 3.50. The van der Waals surface area contributed by atoms with E-state index in [1.165, 1.54) is 57.8 Å². The summed E-state index contributed by atoms with van der Waals surface area (Å²) < 4.78 is 0. The summed E-state index contributed by atoms with van der Waals surface area (Å²) in [4.78, 5) is 0. The second-order valence-corrected chi connectivity index (χ2v) is 21.5. The van der Waals surface area contributed by atoms with Crippen LogP contribution >= 0.6 is 17.2 Å². The topological polar surface area (TPSA) is 24.1 Å². The van der Waals surface area contributed by atoms with E-state index in [1.807, 2.05) is 0 Å². The van der Waals surface area contributed by atoms with E-state index in [-0.39, 0.29) is 13.1 Å². The van der Waals surface area contributed by atoms with Gasteiger partial charge in [-0.25, -0.2) is 0 Å². The van der Waals surface area contributed by atoms with Crippen LogP contribution in [0.1, 0.15) is 127 Å². The molecule has 42 heavy (non-hydrogen) atoms. The van der Waals surface area contributed by atoms with Crippen molar-refractivity contribution in [1.82, 2.24) is 10.6 Å². The minimum atomic E-state index is -0.0335. The third-order valence-corrected chi connectivity index (χ3v) is 19.9. The lowest BCUT2D eigenvalue weighted by Gasteiger charge is -2.67. The van der Waals surface area contributed by atoms with Gasteiger partial charge < -0.3 is 10.6 Å². The van der Waals surface area contributed by atoms with Crippen molar-refractivity contribution in [2.45, 2.75) is 149 Å². The van der Waals surface area contributed by atoms with Gasteiger partial charge in [0.05, 0.1) is 0 Å². The highest BCUT2D eigenvalue weighted by Gasteiger charge is 2.62.